The predicted molar refractivity (Wildman–Crippen MR) is 80.7 cm³/mol. The number of halogens is 3. The van der Waals surface area contributed by atoms with E-state index in [0.717, 1.165) is 12.1 Å². The first-order valence-corrected chi connectivity index (χ1v) is 8.39. The average Bonchev–Trinajstić information content (AvgIpc) is 2.42. The molecule has 0 atom stereocenters. The molecule has 2 aromatic rings. The van der Waals surface area contributed by atoms with Crippen LogP contribution in [0.2, 0.25) is 0 Å². The summed E-state index contributed by atoms with van der Waals surface area (Å²) < 4.78 is 50.9. The van der Waals surface area contributed by atoms with Crippen LogP contribution in [-0.2, 0) is 14.6 Å². The van der Waals surface area contributed by atoms with Crippen LogP contribution in [-0.4, -0.2) is 8.42 Å². The van der Waals surface area contributed by atoms with Crippen molar-refractivity contribution in [2.24, 2.45) is 0 Å². The minimum Gasteiger partial charge on any atom is -0.223 e. The lowest BCUT2D eigenvalue weighted by Gasteiger charge is -2.25. The number of benzene rings is 2. The second-order valence-corrected chi connectivity index (χ2v) is 8.45. The maximum atomic E-state index is 13.7. The zero-order chi connectivity index (χ0) is 15.8. The van der Waals surface area contributed by atoms with Gasteiger partial charge in [0.1, 0.15) is 11.6 Å². The maximum absolute atomic E-state index is 13.7. The standard InChI is InChI=1S/C15H13BrF2O2S/c1-15(2,10-3-8-13(16)14(18)9-10)21(19,20)12-6-4-11(17)5-7-12/h3-9H,1-2H3. The molecule has 0 amide bonds. The minimum atomic E-state index is -3.79. The summed E-state index contributed by atoms with van der Waals surface area (Å²) in [4.78, 5) is -0.00257. The molecule has 0 aliphatic heterocycles. The van der Waals surface area contributed by atoms with Gasteiger partial charge in [-0.25, -0.2) is 17.2 Å². The highest BCUT2D eigenvalue weighted by atomic mass is 79.9. The third kappa shape index (κ3) is 2.87. The van der Waals surface area contributed by atoms with Crippen LogP contribution in [0.1, 0.15) is 19.4 Å². The van der Waals surface area contributed by atoms with Gasteiger partial charge in [-0.1, -0.05) is 6.07 Å². The summed E-state index contributed by atoms with van der Waals surface area (Å²) in [5, 5.41) is 0. The van der Waals surface area contributed by atoms with Crippen molar-refractivity contribution < 1.29 is 17.2 Å². The smallest absolute Gasteiger partial charge is 0.187 e. The van der Waals surface area contributed by atoms with Gasteiger partial charge < -0.3 is 0 Å². The molecule has 2 nitrogen and oxygen atoms in total. The molecule has 0 N–H and O–H groups in total. The summed E-state index contributed by atoms with van der Waals surface area (Å²) in [6.07, 6.45) is 0. The summed E-state index contributed by atoms with van der Waals surface area (Å²) in [7, 11) is -3.79. The fourth-order valence-electron chi connectivity index (χ4n) is 1.93. The van der Waals surface area contributed by atoms with Crippen LogP contribution in [0.15, 0.2) is 51.8 Å². The minimum absolute atomic E-state index is 0.00257. The van der Waals surface area contributed by atoms with Crippen molar-refractivity contribution >= 4 is 25.8 Å². The van der Waals surface area contributed by atoms with Crippen molar-refractivity contribution in [2.45, 2.75) is 23.5 Å². The van der Waals surface area contributed by atoms with Crippen molar-refractivity contribution in [3.8, 4) is 0 Å². The van der Waals surface area contributed by atoms with Crippen LogP contribution < -0.4 is 0 Å². The molecular weight excluding hydrogens is 362 g/mol. The van der Waals surface area contributed by atoms with Gasteiger partial charge >= 0.3 is 0 Å². The quantitative estimate of drug-likeness (QED) is 0.744. The first-order valence-electron chi connectivity index (χ1n) is 6.12. The van der Waals surface area contributed by atoms with E-state index in [1.54, 1.807) is 6.07 Å². The Kier molecular flexibility index (Phi) is 4.22. The Hall–Kier alpha value is -1.27. The highest BCUT2D eigenvalue weighted by Crippen LogP contribution is 2.36. The summed E-state index contributed by atoms with van der Waals surface area (Å²) in [6, 6.07) is 8.80. The van der Waals surface area contributed by atoms with Crippen LogP contribution in [0.25, 0.3) is 0 Å². The van der Waals surface area contributed by atoms with Gasteiger partial charge in [0.05, 0.1) is 14.1 Å². The van der Waals surface area contributed by atoms with Crippen LogP contribution in [0.3, 0.4) is 0 Å². The van der Waals surface area contributed by atoms with E-state index in [4.69, 9.17) is 0 Å². The lowest BCUT2D eigenvalue weighted by Crippen LogP contribution is -2.29. The van der Waals surface area contributed by atoms with Crippen molar-refractivity contribution in [1.82, 2.24) is 0 Å². The lowest BCUT2D eigenvalue weighted by molar-refractivity contribution is 0.551. The van der Waals surface area contributed by atoms with E-state index < -0.39 is 26.2 Å². The predicted octanol–water partition coefficient (Wildman–Crippen LogP) is 4.44. The second kappa shape index (κ2) is 5.50. The van der Waals surface area contributed by atoms with Crippen LogP contribution in [0.5, 0.6) is 0 Å². The van der Waals surface area contributed by atoms with Crippen LogP contribution in [0.4, 0.5) is 8.78 Å². The highest BCUT2D eigenvalue weighted by molar-refractivity contribution is 9.10. The fraction of sp³-hybridized carbons (Fsp3) is 0.200. The van der Waals surface area contributed by atoms with Gasteiger partial charge in [-0.3, -0.25) is 0 Å². The lowest BCUT2D eigenvalue weighted by atomic mass is 10.0. The van der Waals surface area contributed by atoms with E-state index in [-0.39, 0.29) is 9.37 Å². The molecular formula is C15H13BrF2O2S. The molecule has 0 bridgehead atoms. The summed E-state index contributed by atoms with van der Waals surface area (Å²) in [6.45, 7) is 2.99. The van der Waals surface area contributed by atoms with Crippen LogP contribution in [0, 0.1) is 11.6 Å². The first kappa shape index (κ1) is 16.1. The molecule has 0 saturated carbocycles. The highest BCUT2D eigenvalue weighted by Gasteiger charge is 2.37. The topological polar surface area (TPSA) is 34.1 Å². The summed E-state index contributed by atoms with van der Waals surface area (Å²) in [5.74, 6) is -1.05. The molecule has 0 spiro atoms. The van der Waals surface area contributed by atoms with Crippen molar-refractivity contribution in [3.05, 3.63) is 64.1 Å². The van der Waals surface area contributed by atoms with Gasteiger partial charge in [0.2, 0.25) is 0 Å². The molecule has 0 fully saturated rings. The van der Waals surface area contributed by atoms with Crippen molar-refractivity contribution in [2.75, 3.05) is 0 Å². The molecule has 2 rings (SSSR count). The molecule has 0 saturated heterocycles. The average molecular weight is 375 g/mol. The van der Waals surface area contributed by atoms with Gasteiger partial charge in [-0.2, -0.15) is 0 Å². The molecule has 6 heteroatoms. The van der Waals surface area contributed by atoms with E-state index in [0.29, 0.717) is 5.56 Å². The van der Waals surface area contributed by atoms with Gasteiger partial charge in [0.15, 0.2) is 9.84 Å². The monoisotopic (exact) mass is 374 g/mol. The summed E-state index contributed by atoms with van der Waals surface area (Å²) in [5.41, 5.74) is 0.326. The molecule has 0 aliphatic rings. The van der Waals surface area contributed by atoms with Gasteiger partial charge in [-0.05, 0) is 71.7 Å². The fourth-order valence-corrected chi connectivity index (χ4v) is 3.70. The first-order chi connectivity index (χ1) is 9.66. The number of rotatable bonds is 3. The van der Waals surface area contributed by atoms with E-state index >= 15 is 0 Å². The largest absolute Gasteiger partial charge is 0.223 e. The maximum Gasteiger partial charge on any atom is 0.187 e. The Balaban J connectivity index is 2.55. The number of hydrogen-bond acceptors (Lipinski definition) is 2. The van der Waals surface area contributed by atoms with E-state index in [1.165, 1.54) is 38.1 Å². The Labute approximate surface area is 130 Å². The molecule has 112 valence electrons. The zero-order valence-corrected chi connectivity index (χ0v) is 13.8. The van der Waals surface area contributed by atoms with Crippen LogP contribution >= 0.6 is 15.9 Å². The Morgan fingerprint density at radius 3 is 2.10 bits per heavy atom. The van der Waals surface area contributed by atoms with E-state index in [2.05, 4.69) is 15.9 Å². The Morgan fingerprint density at radius 2 is 1.57 bits per heavy atom. The second-order valence-electron chi connectivity index (χ2n) is 5.10. The third-order valence-corrected chi connectivity index (χ3v) is 6.53. The molecule has 2 aromatic carbocycles. The molecule has 21 heavy (non-hydrogen) atoms. The summed E-state index contributed by atoms with van der Waals surface area (Å²) >= 11 is 3.03. The molecule has 0 aliphatic carbocycles. The molecule has 0 unspecified atom stereocenters. The Bertz CT molecular complexity index is 769. The van der Waals surface area contributed by atoms with Gasteiger partial charge in [-0.15, -0.1) is 0 Å². The van der Waals surface area contributed by atoms with E-state index in [1.807, 2.05) is 0 Å². The Morgan fingerprint density at radius 1 is 1.00 bits per heavy atom. The number of hydrogen-bond donors (Lipinski definition) is 0. The molecule has 0 radical (unpaired) electrons. The van der Waals surface area contributed by atoms with Gasteiger partial charge in [0.25, 0.3) is 0 Å². The van der Waals surface area contributed by atoms with Crippen molar-refractivity contribution in [1.29, 1.82) is 0 Å². The molecule has 0 aromatic heterocycles. The number of sulfone groups is 1. The zero-order valence-electron chi connectivity index (χ0n) is 11.4. The normalized spacial score (nSPS) is 12.4. The molecule has 0 heterocycles. The van der Waals surface area contributed by atoms with Crippen molar-refractivity contribution in [3.63, 3.8) is 0 Å². The SMILES string of the molecule is CC(C)(c1ccc(Br)c(F)c1)S(=O)(=O)c1ccc(F)cc1. The van der Waals surface area contributed by atoms with Gasteiger partial charge in [0, 0.05) is 0 Å². The van der Waals surface area contributed by atoms with E-state index in [9.17, 15) is 17.2 Å². The third-order valence-electron chi connectivity index (χ3n) is 3.41.